The maximum atomic E-state index is 11.5. The van der Waals surface area contributed by atoms with E-state index in [0.717, 1.165) is 31.6 Å². The molecule has 17 heavy (non-hydrogen) atoms. The first kappa shape index (κ1) is 12.2. The first-order valence-electron chi connectivity index (χ1n) is 5.79. The Bertz CT molecular complexity index is 402. The Balaban J connectivity index is 1.97. The molecule has 0 spiro atoms. The van der Waals surface area contributed by atoms with Gasteiger partial charge in [-0.1, -0.05) is 11.6 Å². The van der Waals surface area contributed by atoms with Crippen molar-refractivity contribution in [2.24, 2.45) is 5.92 Å². The molecule has 4 nitrogen and oxygen atoms in total. The highest BCUT2D eigenvalue weighted by Crippen LogP contribution is 2.24. The van der Waals surface area contributed by atoms with E-state index in [-0.39, 0.29) is 11.8 Å². The summed E-state index contributed by atoms with van der Waals surface area (Å²) in [7, 11) is 1.69. The zero-order valence-electron chi connectivity index (χ0n) is 9.82. The molecule has 2 heterocycles. The molecule has 0 aliphatic carbocycles. The van der Waals surface area contributed by atoms with Gasteiger partial charge in [-0.15, -0.1) is 0 Å². The second-order valence-corrected chi connectivity index (χ2v) is 4.60. The number of carbonyl (C=O) groups is 1. The van der Waals surface area contributed by atoms with E-state index in [9.17, 15) is 4.79 Å². The van der Waals surface area contributed by atoms with E-state index in [0.29, 0.717) is 5.15 Å². The van der Waals surface area contributed by atoms with Crippen molar-refractivity contribution in [3.05, 3.63) is 23.5 Å². The van der Waals surface area contributed by atoms with Crippen LogP contribution in [0.1, 0.15) is 12.8 Å². The van der Waals surface area contributed by atoms with Crippen LogP contribution in [0.25, 0.3) is 0 Å². The Morgan fingerprint density at radius 1 is 1.53 bits per heavy atom. The number of rotatable bonds is 2. The van der Waals surface area contributed by atoms with E-state index in [2.05, 4.69) is 15.2 Å². The molecule has 1 aromatic heterocycles. The molecule has 5 heteroatoms. The number of aromatic nitrogens is 1. The lowest BCUT2D eigenvalue weighted by atomic mass is 9.96. The number of halogens is 1. The van der Waals surface area contributed by atoms with E-state index in [4.69, 9.17) is 11.6 Å². The minimum absolute atomic E-state index is 0.147. The molecule has 2 rings (SSSR count). The van der Waals surface area contributed by atoms with Crippen LogP contribution in [0.2, 0.25) is 5.15 Å². The number of hydrogen-bond acceptors (Lipinski definition) is 3. The highest BCUT2D eigenvalue weighted by atomic mass is 35.5. The molecule has 0 aromatic carbocycles. The number of nitrogens with one attached hydrogen (secondary N) is 1. The Kier molecular flexibility index (Phi) is 3.84. The highest BCUT2D eigenvalue weighted by Gasteiger charge is 2.24. The molecule has 1 N–H and O–H groups in total. The molecular weight excluding hydrogens is 238 g/mol. The molecule has 1 fully saturated rings. The van der Waals surface area contributed by atoms with E-state index >= 15 is 0 Å². The van der Waals surface area contributed by atoms with Crippen molar-refractivity contribution in [3.63, 3.8) is 0 Å². The zero-order valence-corrected chi connectivity index (χ0v) is 10.6. The predicted molar refractivity (Wildman–Crippen MR) is 68.3 cm³/mol. The van der Waals surface area contributed by atoms with E-state index < -0.39 is 0 Å². The summed E-state index contributed by atoms with van der Waals surface area (Å²) in [6.07, 6.45) is 3.49. The van der Waals surface area contributed by atoms with Crippen LogP contribution in [-0.4, -0.2) is 31.0 Å². The van der Waals surface area contributed by atoms with Crippen LogP contribution >= 0.6 is 11.6 Å². The fourth-order valence-corrected chi connectivity index (χ4v) is 2.36. The Hall–Kier alpha value is -1.29. The van der Waals surface area contributed by atoms with Crippen LogP contribution < -0.4 is 10.2 Å². The summed E-state index contributed by atoms with van der Waals surface area (Å²) < 4.78 is 0. The molecule has 0 unspecified atom stereocenters. The van der Waals surface area contributed by atoms with Gasteiger partial charge in [0.25, 0.3) is 0 Å². The number of piperidine rings is 1. The standard InChI is InChI=1S/C12H16ClN3O/c1-14-12(17)9-3-6-16(7-4-9)10-2-5-15-11(13)8-10/h2,5,8-9H,3-4,6-7H2,1H3,(H,14,17). The minimum atomic E-state index is 0.147. The first-order valence-corrected chi connectivity index (χ1v) is 6.16. The van der Waals surface area contributed by atoms with Gasteiger partial charge in [-0.05, 0) is 25.0 Å². The molecule has 92 valence electrons. The first-order chi connectivity index (χ1) is 8.20. The van der Waals surface area contributed by atoms with Crippen LogP contribution in [0.4, 0.5) is 5.69 Å². The summed E-state index contributed by atoms with van der Waals surface area (Å²) in [4.78, 5) is 17.7. The third-order valence-electron chi connectivity index (χ3n) is 3.19. The molecule has 1 amide bonds. The Morgan fingerprint density at radius 2 is 2.24 bits per heavy atom. The van der Waals surface area contributed by atoms with Crippen molar-refractivity contribution < 1.29 is 4.79 Å². The van der Waals surface area contributed by atoms with Gasteiger partial charge in [0.15, 0.2) is 0 Å². The summed E-state index contributed by atoms with van der Waals surface area (Å²) in [5.41, 5.74) is 1.08. The topological polar surface area (TPSA) is 45.2 Å². The molecule has 0 atom stereocenters. The van der Waals surface area contributed by atoms with Crippen molar-refractivity contribution in [1.82, 2.24) is 10.3 Å². The second kappa shape index (κ2) is 5.36. The molecule has 0 saturated carbocycles. The lowest BCUT2D eigenvalue weighted by Gasteiger charge is -2.32. The molecule has 0 radical (unpaired) electrons. The summed E-state index contributed by atoms with van der Waals surface area (Å²) >= 11 is 5.86. The van der Waals surface area contributed by atoms with Crippen LogP contribution in [0.5, 0.6) is 0 Å². The molecule has 1 aliphatic heterocycles. The van der Waals surface area contributed by atoms with Crippen molar-refractivity contribution in [2.75, 3.05) is 25.0 Å². The SMILES string of the molecule is CNC(=O)C1CCN(c2ccnc(Cl)c2)CC1. The maximum absolute atomic E-state index is 11.5. The predicted octanol–water partition coefficient (Wildman–Crippen LogP) is 1.70. The fraction of sp³-hybridized carbons (Fsp3) is 0.500. The van der Waals surface area contributed by atoms with Crippen LogP contribution in [0.3, 0.4) is 0 Å². The number of pyridine rings is 1. The Labute approximate surface area is 106 Å². The maximum Gasteiger partial charge on any atom is 0.222 e. The van der Waals surface area contributed by atoms with Crippen molar-refractivity contribution in [3.8, 4) is 0 Å². The zero-order chi connectivity index (χ0) is 12.3. The van der Waals surface area contributed by atoms with Gasteiger partial charge >= 0.3 is 0 Å². The monoisotopic (exact) mass is 253 g/mol. The third-order valence-corrected chi connectivity index (χ3v) is 3.39. The average Bonchev–Trinajstić information content (AvgIpc) is 2.38. The fourth-order valence-electron chi connectivity index (χ4n) is 2.19. The number of hydrogen-bond donors (Lipinski definition) is 1. The lowest BCUT2D eigenvalue weighted by Crippen LogP contribution is -2.39. The smallest absolute Gasteiger partial charge is 0.222 e. The van der Waals surface area contributed by atoms with Gasteiger partial charge in [0.05, 0.1) is 0 Å². The van der Waals surface area contributed by atoms with Crippen molar-refractivity contribution in [1.29, 1.82) is 0 Å². The molecule has 0 bridgehead atoms. The summed E-state index contributed by atoms with van der Waals surface area (Å²) in [6.45, 7) is 1.77. The van der Waals surface area contributed by atoms with E-state index in [1.165, 1.54) is 0 Å². The number of amides is 1. The molecule has 1 aromatic rings. The minimum Gasteiger partial charge on any atom is -0.371 e. The second-order valence-electron chi connectivity index (χ2n) is 4.21. The van der Waals surface area contributed by atoms with E-state index in [1.807, 2.05) is 12.1 Å². The van der Waals surface area contributed by atoms with Crippen LogP contribution in [0, 0.1) is 5.92 Å². The summed E-state index contributed by atoms with van der Waals surface area (Å²) in [5.74, 6) is 0.297. The van der Waals surface area contributed by atoms with Crippen LogP contribution in [-0.2, 0) is 4.79 Å². The van der Waals surface area contributed by atoms with Gasteiger partial charge in [-0.25, -0.2) is 4.98 Å². The van der Waals surface area contributed by atoms with Crippen molar-refractivity contribution >= 4 is 23.2 Å². The third kappa shape index (κ3) is 2.88. The van der Waals surface area contributed by atoms with Gasteiger partial charge in [-0.3, -0.25) is 4.79 Å². The normalized spacial score (nSPS) is 16.9. The number of nitrogens with zero attached hydrogens (tertiary/aromatic N) is 2. The highest BCUT2D eigenvalue weighted by molar-refractivity contribution is 6.29. The van der Waals surface area contributed by atoms with Gasteiger partial charge in [0.1, 0.15) is 5.15 Å². The van der Waals surface area contributed by atoms with Crippen LogP contribution in [0.15, 0.2) is 18.3 Å². The Morgan fingerprint density at radius 3 is 2.82 bits per heavy atom. The van der Waals surface area contributed by atoms with Gasteiger partial charge in [0.2, 0.25) is 5.91 Å². The molecular formula is C12H16ClN3O. The van der Waals surface area contributed by atoms with E-state index in [1.54, 1.807) is 13.2 Å². The van der Waals surface area contributed by atoms with Gasteiger partial charge < -0.3 is 10.2 Å². The molecule has 1 saturated heterocycles. The average molecular weight is 254 g/mol. The van der Waals surface area contributed by atoms with Gasteiger partial charge in [-0.2, -0.15) is 0 Å². The summed E-state index contributed by atoms with van der Waals surface area (Å²) in [6, 6.07) is 3.81. The quantitative estimate of drug-likeness (QED) is 0.816. The van der Waals surface area contributed by atoms with Crippen molar-refractivity contribution in [2.45, 2.75) is 12.8 Å². The molecule has 1 aliphatic rings. The number of carbonyl (C=O) groups excluding carboxylic acids is 1. The number of anilines is 1. The lowest BCUT2D eigenvalue weighted by molar-refractivity contribution is -0.125. The van der Waals surface area contributed by atoms with Gasteiger partial charge in [0, 0.05) is 37.9 Å². The largest absolute Gasteiger partial charge is 0.371 e. The summed E-state index contributed by atoms with van der Waals surface area (Å²) in [5, 5.41) is 3.22.